The van der Waals surface area contributed by atoms with Crippen molar-refractivity contribution in [2.45, 2.75) is 20.3 Å². The Morgan fingerprint density at radius 2 is 2.26 bits per heavy atom. The largest absolute Gasteiger partial charge is 0.397 e. The summed E-state index contributed by atoms with van der Waals surface area (Å²) in [7, 11) is 0. The number of aryl methyl sites for hydroxylation is 1. The molecule has 1 atom stereocenters. The normalized spacial score (nSPS) is 18.7. The van der Waals surface area contributed by atoms with Crippen LogP contribution in [0.1, 0.15) is 18.9 Å². The number of nitrogens with two attached hydrogens (primary N) is 1. The van der Waals surface area contributed by atoms with Gasteiger partial charge in [0, 0.05) is 13.0 Å². The van der Waals surface area contributed by atoms with Crippen LogP contribution in [0.3, 0.4) is 0 Å². The Hall–Kier alpha value is -2.04. The number of nitrogen functional groups attached to an aromatic ring is 1. The van der Waals surface area contributed by atoms with Crippen molar-refractivity contribution >= 4 is 23.2 Å². The number of nitrogens with zero attached hydrogens (tertiary/aromatic N) is 1. The summed E-state index contributed by atoms with van der Waals surface area (Å²) in [6.45, 7) is 4.69. The monoisotopic (exact) mass is 261 g/mol. The summed E-state index contributed by atoms with van der Waals surface area (Å²) in [5, 5.41) is 2.74. The molecule has 0 saturated carbocycles. The SMILES string of the molecule is Cc1ccc(NC(=O)CN2CC(C)CC2=O)c(N)c1. The molecular formula is C14H19N3O2. The second kappa shape index (κ2) is 5.30. The van der Waals surface area contributed by atoms with Crippen molar-refractivity contribution in [1.29, 1.82) is 0 Å². The van der Waals surface area contributed by atoms with Crippen molar-refractivity contribution in [2.75, 3.05) is 24.1 Å². The molecule has 19 heavy (non-hydrogen) atoms. The summed E-state index contributed by atoms with van der Waals surface area (Å²) in [5.41, 5.74) is 8.00. The number of anilines is 2. The molecule has 1 aliphatic heterocycles. The molecule has 2 rings (SSSR count). The fourth-order valence-corrected chi connectivity index (χ4v) is 2.28. The summed E-state index contributed by atoms with van der Waals surface area (Å²) in [6, 6.07) is 5.46. The van der Waals surface area contributed by atoms with Gasteiger partial charge in [0.1, 0.15) is 0 Å². The van der Waals surface area contributed by atoms with E-state index in [0.717, 1.165) is 5.56 Å². The van der Waals surface area contributed by atoms with Crippen molar-refractivity contribution in [1.82, 2.24) is 4.90 Å². The van der Waals surface area contributed by atoms with Gasteiger partial charge >= 0.3 is 0 Å². The number of likely N-dealkylation sites (tertiary alicyclic amines) is 1. The predicted octanol–water partition coefficient (Wildman–Crippen LogP) is 1.38. The minimum absolute atomic E-state index is 0.0412. The minimum Gasteiger partial charge on any atom is -0.397 e. The summed E-state index contributed by atoms with van der Waals surface area (Å²) in [5.74, 6) is 0.155. The molecule has 0 aliphatic carbocycles. The van der Waals surface area contributed by atoms with Crippen LogP contribution < -0.4 is 11.1 Å². The van der Waals surface area contributed by atoms with Crippen LogP contribution >= 0.6 is 0 Å². The number of benzene rings is 1. The number of hydrogen-bond acceptors (Lipinski definition) is 3. The lowest BCUT2D eigenvalue weighted by Crippen LogP contribution is -2.34. The van der Waals surface area contributed by atoms with Gasteiger partial charge in [0.2, 0.25) is 11.8 Å². The van der Waals surface area contributed by atoms with Gasteiger partial charge in [-0.2, -0.15) is 0 Å². The second-order valence-electron chi connectivity index (χ2n) is 5.22. The van der Waals surface area contributed by atoms with Crippen molar-refractivity contribution in [3.8, 4) is 0 Å². The number of carbonyl (C=O) groups excluding carboxylic acids is 2. The van der Waals surface area contributed by atoms with Gasteiger partial charge in [-0.15, -0.1) is 0 Å². The van der Waals surface area contributed by atoms with E-state index in [2.05, 4.69) is 5.32 Å². The molecule has 1 aliphatic rings. The molecule has 0 aromatic heterocycles. The lowest BCUT2D eigenvalue weighted by Gasteiger charge is -2.16. The molecule has 3 N–H and O–H groups in total. The highest BCUT2D eigenvalue weighted by Crippen LogP contribution is 2.20. The smallest absolute Gasteiger partial charge is 0.244 e. The molecule has 1 unspecified atom stereocenters. The maximum absolute atomic E-state index is 11.9. The van der Waals surface area contributed by atoms with Crippen LogP contribution in [0.2, 0.25) is 0 Å². The summed E-state index contributed by atoms with van der Waals surface area (Å²) in [4.78, 5) is 25.1. The Bertz CT molecular complexity index is 513. The number of hydrogen-bond donors (Lipinski definition) is 2. The van der Waals surface area contributed by atoms with Crippen LogP contribution in [-0.2, 0) is 9.59 Å². The maximum Gasteiger partial charge on any atom is 0.244 e. The van der Waals surface area contributed by atoms with E-state index in [-0.39, 0.29) is 18.4 Å². The van der Waals surface area contributed by atoms with Crippen LogP contribution in [0, 0.1) is 12.8 Å². The average molecular weight is 261 g/mol. The highest BCUT2D eigenvalue weighted by molar-refractivity contribution is 5.97. The fourth-order valence-electron chi connectivity index (χ4n) is 2.28. The Morgan fingerprint density at radius 1 is 1.53 bits per heavy atom. The third-order valence-electron chi connectivity index (χ3n) is 3.22. The van der Waals surface area contributed by atoms with E-state index in [9.17, 15) is 9.59 Å². The van der Waals surface area contributed by atoms with E-state index < -0.39 is 0 Å². The summed E-state index contributed by atoms with van der Waals surface area (Å²) >= 11 is 0. The average Bonchev–Trinajstić information content (AvgIpc) is 2.61. The van der Waals surface area contributed by atoms with Gasteiger partial charge in [-0.1, -0.05) is 13.0 Å². The first-order valence-corrected chi connectivity index (χ1v) is 6.39. The zero-order valence-electron chi connectivity index (χ0n) is 11.3. The third kappa shape index (κ3) is 3.24. The molecular weight excluding hydrogens is 242 g/mol. The molecule has 2 amide bonds. The molecule has 0 radical (unpaired) electrons. The van der Waals surface area contributed by atoms with Crippen LogP contribution in [-0.4, -0.2) is 29.8 Å². The lowest BCUT2D eigenvalue weighted by molar-refractivity contribution is -0.131. The second-order valence-corrected chi connectivity index (χ2v) is 5.22. The molecule has 0 bridgehead atoms. The molecule has 1 heterocycles. The van der Waals surface area contributed by atoms with Gasteiger partial charge in [0.15, 0.2) is 0 Å². The topological polar surface area (TPSA) is 75.4 Å². The number of carbonyl (C=O) groups is 2. The number of nitrogens with one attached hydrogen (secondary N) is 1. The van der Waals surface area contributed by atoms with Crippen LogP contribution in [0.15, 0.2) is 18.2 Å². The molecule has 1 aromatic rings. The first-order chi connectivity index (χ1) is 8.95. The molecule has 1 saturated heterocycles. The minimum atomic E-state index is -0.210. The van der Waals surface area contributed by atoms with Crippen LogP contribution in [0.25, 0.3) is 0 Å². The van der Waals surface area contributed by atoms with E-state index in [0.29, 0.717) is 30.3 Å². The Morgan fingerprint density at radius 3 is 2.84 bits per heavy atom. The molecule has 0 spiro atoms. The first kappa shape index (κ1) is 13.4. The van der Waals surface area contributed by atoms with Gasteiger partial charge in [-0.3, -0.25) is 9.59 Å². The Labute approximate surface area is 112 Å². The van der Waals surface area contributed by atoms with Crippen molar-refractivity contribution in [2.24, 2.45) is 5.92 Å². The highest BCUT2D eigenvalue weighted by atomic mass is 16.2. The molecule has 1 aromatic carbocycles. The number of rotatable bonds is 3. The van der Waals surface area contributed by atoms with Gasteiger partial charge < -0.3 is 16.0 Å². The van der Waals surface area contributed by atoms with Crippen LogP contribution in [0.4, 0.5) is 11.4 Å². The zero-order chi connectivity index (χ0) is 14.0. The van der Waals surface area contributed by atoms with E-state index >= 15 is 0 Å². The van der Waals surface area contributed by atoms with Crippen molar-refractivity contribution in [3.05, 3.63) is 23.8 Å². The van der Waals surface area contributed by atoms with Crippen LogP contribution in [0.5, 0.6) is 0 Å². The van der Waals surface area contributed by atoms with Gasteiger partial charge in [-0.05, 0) is 30.5 Å². The van der Waals surface area contributed by atoms with E-state index in [1.807, 2.05) is 19.9 Å². The fraction of sp³-hybridized carbons (Fsp3) is 0.429. The third-order valence-corrected chi connectivity index (χ3v) is 3.22. The predicted molar refractivity (Wildman–Crippen MR) is 74.6 cm³/mol. The molecule has 102 valence electrons. The van der Waals surface area contributed by atoms with Crippen molar-refractivity contribution < 1.29 is 9.59 Å². The standard InChI is InChI=1S/C14H19N3O2/c1-9-3-4-12(11(15)5-9)16-13(18)8-17-7-10(2)6-14(17)19/h3-5,10H,6-8,15H2,1-2H3,(H,16,18). The number of amides is 2. The van der Waals surface area contributed by atoms with E-state index in [1.165, 1.54) is 0 Å². The quantitative estimate of drug-likeness (QED) is 0.807. The molecule has 5 heteroatoms. The summed E-state index contributed by atoms with van der Waals surface area (Å²) < 4.78 is 0. The van der Waals surface area contributed by atoms with E-state index in [4.69, 9.17) is 5.73 Å². The van der Waals surface area contributed by atoms with Gasteiger partial charge in [-0.25, -0.2) is 0 Å². The zero-order valence-corrected chi connectivity index (χ0v) is 11.3. The van der Waals surface area contributed by atoms with E-state index in [1.54, 1.807) is 17.0 Å². The van der Waals surface area contributed by atoms with Crippen molar-refractivity contribution in [3.63, 3.8) is 0 Å². The molecule has 5 nitrogen and oxygen atoms in total. The maximum atomic E-state index is 11.9. The first-order valence-electron chi connectivity index (χ1n) is 6.39. The summed E-state index contributed by atoms with van der Waals surface area (Å²) in [6.07, 6.45) is 0.528. The van der Waals surface area contributed by atoms with Gasteiger partial charge in [0.25, 0.3) is 0 Å². The Kier molecular flexibility index (Phi) is 3.74. The molecule has 1 fully saturated rings. The highest BCUT2D eigenvalue weighted by Gasteiger charge is 2.27. The Balaban J connectivity index is 1.96. The lowest BCUT2D eigenvalue weighted by atomic mass is 10.2. The van der Waals surface area contributed by atoms with Gasteiger partial charge in [0.05, 0.1) is 17.9 Å².